The predicted octanol–water partition coefficient (Wildman–Crippen LogP) is 3.64. The Hall–Kier alpha value is -1.96. The SMILES string of the molecule is CC(NC(=O)N(C)C1CCN(C)CC1)c1cnc(-c2cnccn2)c(Cl)c1Cl. The number of pyridine rings is 1. The van der Waals surface area contributed by atoms with Crippen LogP contribution in [0.5, 0.6) is 0 Å². The largest absolute Gasteiger partial charge is 0.331 e. The van der Waals surface area contributed by atoms with Crippen molar-refractivity contribution in [1.82, 2.24) is 30.1 Å². The molecule has 150 valence electrons. The van der Waals surface area contributed by atoms with E-state index in [9.17, 15) is 4.79 Å². The molecule has 3 rings (SSSR count). The van der Waals surface area contributed by atoms with E-state index in [1.165, 1.54) is 0 Å². The second-order valence-electron chi connectivity index (χ2n) is 7.10. The highest BCUT2D eigenvalue weighted by Crippen LogP contribution is 2.35. The average Bonchev–Trinajstić information content (AvgIpc) is 2.70. The Kier molecular flexibility index (Phi) is 6.69. The molecule has 1 aliphatic rings. The number of rotatable bonds is 4. The van der Waals surface area contributed by atoms with Crippen LogP contribution < -0.4 is 5.32 Å². The van der Waals surface area contributed by atoms with Gasteiger partial charge in [-0.05, 0) is 39.9 Å². The summed E-state index contributed by atoms with van der Waals surface area (Å²) < 4.78 is 0. The van der Waals surface area contributed by atoms with Gasteiger partial charge >= 0.3 is 6.03 Å². The lowest BCUT2D eigenvalue weighted by atomic mass is 10.0. The van der Waals surface area contributed by atoms with Gasteiger partial charge in [0.25, 0.3) is 0 Å². The van der Waals surface area contributed by atoms with E-state index in [1.807, 2.05) is 14.0 Å². The summed E-state index contributed by atoms with van der Waals surface area (Å²) in [6.45, 7) is 3.85. The van der Waals surface area contributed by atoms with Gasteiger partial charge < -0.3 is 15.1 Å². The molecule has 1 saturated heterocycles. The molecule has 7 nitrogen and oxygen atoms in total. The Balaban J connectivity index is 1.71. The number of amides is 2. The number of carbonyl (C=O) groups is 1. The number of urea groups is 1. The first-order valence-corrected chi connectivity index (χ1v) is 9.96. The van der Waals surface area contributed by atoms with Crippen molar-refractivity contribution in [1.29, 1.82) is 0 Å². The predicted molar refractivity (Wildman–Crippen MR) is 111 cm³/mol. The molecule has 0 aromatic carbocycles. The number of aromatic nitrogens is 3. The van der Waals surface area contributed by atoms with Crippen molar-refractivity contribution < 1.29 is 4.79 Å². The topological polar surface area (TPSA) is 74.2 Å². The minimum atomic E-state index is -0.338. The molecule has 9 heteroatoms. The monoisotopic (exact) mass is 422 g/mol. The molecule has 1 N–H and O–H groups in total. The van der Waals surface area contributed by atoms with Crippen molar-refractivity contribution in [3.05, 3.63) is 40.4 Å². The van der Waals surface area contributed by atoms with E-state index in [4.69, 9.17) is 23.2 Å². The highest BCUT2D eigenvalue weighted by molar-refractivity contribution is 6.44. The van der Waals surface area contributed by atoms with E-state index in [1.54, 1.807) is 29.7 Å². The van der Waals surface area contributed by atoms with Crippen LogP contribution in [-0.2, 0) is 0 Å². The molecular weight excluding hydrogens is 399 g/mol. The van der Waals surface area contributed by atoms with E-state index >= 15 is 0 Å². The molecule has 2 aromatic heterocycles. The molecule has 0 saturated carbocycles. The first-order chi connectivity index (χ1) is 13.4. The zero-order valence-electron chi connectivity index (χ0n) is 16.2. The molecule has 0 aliphatic carbocycles. The standard InChI is InChI=1S/C19H24Cl2N6O/c1-12(25-19(28)27(3)13-4-8-26(2)9-5-13)14-10-24-18(17(21)16(14)20)15-11-22-6-7-23-15/h6-7,10-13H,4-5,8-9H2,1-3H3,(H,25,28). The first kappa shape index (κ1) is 20.8. The smallest absolute Gasteiger partial charge is 0.317 e. The molecule has 1 unspecified atom stereocenters. The van der Waals surface area contributed by atoms with Crippen molar-refractivity contribution in [2.45, 2.75) is 31.8 Å². The van der Waals surface area contributed by atoms with Gasteiger partial charge in [-0.3, -0.25) is 15.0 Å². The summed E-state index contributed by atoms with van der Waals surface area (Å²) in [6, 6.07) is -0.235. The molecule has 3 heterocycles. The van der Waals surface area contributed by atoms with Crippen LogP contribution in [0.3, 0.4) is 0 Å². The average molecular weight is 423 g/mol. The van der Waals surface area contributed by atoms with E-state index in [-0.39, 0.29) is 18.1 Å². The van der Waals surface area contributed by atoms with E-state index in [0.717, 1.165) is 25.9 Å². The van der Waals surface area contributed by atoms with Gasteiger partial charge in [-0.1, -0.05) is 23.2 Å². The van der Waals surface area contributed by atoms with Gasteiger partial charge in [-0.25, -0.2) is 4.79 Å². The Morgan fingerprint density at radius 2 is 1.93 bits per heavy atom. The lowest BCUT2D eigenvalue weighted by Gasteiger charge is -2.35. The Labute approximate surface area is 175 Å². The molecule has 2 amide bonds. The lowest BCUT2D eigenvalue weighted by Crippen LogP contribution is -2.48. The van der Waals surface area contributed by atoms with Crippen LogP contribution in [0.25, 0.3) is 11.4 Å². The molecule has 0 radical (unpaired) electrons. The molecule has 0 spiro atoms. The summed E-state index contributed by atoms with van der Waals surface area (Å²) >= 11 is 12.9. The van der Waals surface area contributed by atoms with Crippen molar-refractivity contribution >= 4 is 29.2 Å². The van der Waals surface area contributed by atoms with Gasteiger partial charge in [-0.15, -0.1) is 0 Å². The summed E-state index contributed by atoms with van der Waals surface area (Å²) in [6.07, 6.45) is 8.28. The maximum atomic E-state index is 12.7. The first-order valence-electron chi connectivity index (χ1n) is 9.20. The normalized spacial score (nSPS) is 16.6. The van der Waals surface area contributed by atoms with Gasteiger partial charge in [0.2, 0.25) is 0 Å². The third kappa shape index (κ3) is 4.54. The molecular formula is C19H24Cl2N6O. The van der Waals surface area contributed by atoms with Crippen molar-refractivity contribution in [2.24, 2.45) is 0 Å². The number of nitrogens with one attached hydrogen (secondary N) is 1. The van der Waals surface area contributed by atoms with Crippen LogP contribution in [0.2, 0.25) is 10.0 Å². The van der Waals surface area contributed by atoms with Crippen molar-refractivity contribution in [3.8, 4) is 11.4 Å². The van der Waals surface area contributed by atoms with Gasteiger partial charge in [0.1, 0.15) is 11.4 Å². The number of halogens is 2. The Bertz CT molecular complexity index is 827. The summed E-state index contributed by atoms with van der Waals surface area (Å²) in [5, 5.41) is 3.64. The van der Waals surface area contributed by atoms with Crippen molar-refractivity contribution in [2.75, 3.05) is 27.2 Å². The van der Waals surface area contributed by atoms with E-state index in [0.29, 0.717) is 27.0 Å². The summed E-state index contributed by atoms with van der Waals surface area (Å²) in [7, 11) is 3.93. The second-order valence-corrected chi connectivity index (χ2v) is 7.85. The van der Waals surface area contributed by atoms with Gasteiger partial charge in [0.05, 0.1) is 22.3 Å². The minimum Gasteiger partial charge on any atom is -0.331 e. The number of piperidine rings is 1. The maximum absolute atomic E-state index is 12.7. The number of carbonyl (C=O) groups excluding carboxylic acids is 1. The fourth-order valence-electron chi connectivity index (χ4n) is 3.29. The fraction of sp³-hybridized carbons (Fsp3) is 0.474. The third-order valence-electron chi connectivity index (χ3n) is 5.16. The molecule has 1 aliphatic heterocycles. The van der Waals surface area contributed by atoms with Gasteiger partial charge in [-0.2, -0.15) is 0 Å². The fourth-order valence-corrected chi connectivity index (χ4v) is 3.85. The second kappa shape index (κ2) is 9.03. The molecule has 0 bridgehead atoms. The molecule has 28 heavy (non-hydrogen) atoms. The van der Waals surface area contributed by atoms with Crippen molar-refractivity contribution in [3.63, 3.8) is 0 Å². The van der Waals surface area contributed by atoms with E-state index in [2.05, 4.69) is 32.2 Å². The minimum absolute atomic E-state index is 0.132. The zero-order chi connectivity index (χ0) is 20.3. The van der Waals surface area contributed by atoms with Crippen LogP contribution in [-0.4, -0.2) is 64.0 Å². The summed E-state index contributed by atoms with van der Waals surface area (Å²) in [5.74, 6) is 0. The van der Waals surface area contributed by atoms with Crippen LogP contribution in [0, 0.1) is 0 Å². The number of hydrogen-bond acceptors (Lipinski definition) is 5. The third-order valence-corrected chi connectivity index (χ3v) is 6.03. The summed E-state index contributed by atoms with van der Waals surface area (Å²) in [5.41, 5.74) is 1.66. The highest BCUT2D eigenvalue weighted by atomic mass is 35.5. The van der Waals surface area contributed by atoms with Crippen LogP contribution in [0.1, 0.15) is 31.4 Å². The molecule has 1 atom stereocenters. The quantitative estimate of drug-likeness (QED) is 0.813. The molecule has 1 fully saturated rings. The van der Waals surface area contributed by atoms with Crippen LogP contribution in [0.4, 0.5) is 4.79 Å². The maximum Gasteiger partial charge on any atom is 0.317 e. The summed E-state index contributed by atoms with van der Waals surface area (Å²) in [4.78, 5) is 29.4. The Morgan fingerprint density at radius 1 is 1.21 bits per heavy atom. The van der Waals surface area contributed by atoms with Crippen LogP contribution >= 0.6 is 23.2 Å². The van der Waals surface area contributed by atoms with E-state index < -0.39 is 0 Å². The Morgan fingerprint density at radius 3 is 2.57 bits per heavy atom. The van der Waals surface area contributed by atoms with Crippen LogP contribution in [0.15, 0.2) is 24.8 Å². The number of likely N-dealkylation sites (tertiary alicyclic amines) is 1. The zero-order valence-corrected chi connectivity index (χ0v) is 17.7. The van der Waals surface area contributed by atoms with Gasteiger partial charge in [0, 0.05) is 37.2 Å². The molecule has 2 aromatic rings. The number of hydrogen-bond donors (Lipinski definition) is 1. The highest BCUT2D eigenvalue weighted by Gasteiger charge is 2.26. The number of nitrogens with zero attached hydrogens (tertiary/aromatic N) is 5. The van der Waals surface area contributed by atoms with Gasteiger partial charge in [0.15, 0.2) is 0 Å². The lowest BCUT2D eigenvalue weighted by molar-refractivity contribution is 0.146.